The van der Waals surface area contributed by atoms with Gasteiger partial charge in [0.25, 0.3) is 0 Å². The molecule has 1 aromatic carbocycles. The maximum atomic E-state index is 2.30. The molecule has 0 bridgehead atoms. The van der Waals surface area contributed by atoms with Crippen molar-refractivity contribution in [1.82, 2.24) is 0 Å². The molecule has 0 heterocycles. The Hall–Kier alpha value is -1.08. The highest BCUT2D eigenvalue weighted by atomic mass is 28.3. The van der Waals surface area contributed by atoms with Gasteiger partial charge >= 0.3 is 0 Å². The third kappa shape index (κ3) is 4.30. The molecule has 1 heteroatoms. The van der Waals surface area contributed by atoms with Crippen molar-refractivity contribution in [3.8, 4) is 0 Å². The van der Waals surface area contributed by atoms with Gasteiger partial charge in [-0.1, -0.05) is 59.8 Å². The van der Waals surface area contributed by atoms with Gasteiger partial charge in [-0.25, -0.2) is 0 Å². The van der Waals surface area contributed by atoms with Gasteiger partial charge in [-0.05, 0) is 25.9 Å². The predicted molar refractivity (Wildman–Crippen MR) is 71.1 cm³/mol. The monoisotopic (exact) mass is 215 g/mol. The van der Waals surface area contributed by atoms with Crippen LogP contribution in [0.4, 0.5) is 0 Å². The summed E-state index contributed by atoms with van der Waals surface area (Å²) in [4.78, 5) is 0. The molecule has 0 spiro atoms. The molecule has 79 valence electrons. The van der Waals surface area contributed by atoms with E-state index in [1.165, 1.54) is 12.1 Å². The van der Waals surface area contributed by atoms with Gasteiger partial charge in [-0.15, -0.1) is 0 Å². The van der Waals surface area contributed by atoms with E-state index in [1.807, 2.05) is 0 Å². The molecule has 0 saturated carbocycles. The van der Waals surface area contributed by atoms with E-state index in [1.54, 1.807) is 5.19 Å². The van der Waals surface area contributed by atoms with Gasteiger partial charge in [0.05, 0.1) is 8.80 Å². The first-order valence-corrected chi connectivity index (χ1v) is 7.42. The summed E-state index contributed by atoms with van der Waals surface area (Å²) in [5.41, 5.74) is 0. The lowest BCUT2D eigenvalue weighted by atomic mass is 10.4. The molecular formula is C14H19Si. The van der Waals surface area contributed by atoms with Crippen molar-refractivity contribution in [3.05, 3.63) is 54.6 Å². The Balaban J connectivity index is 2.71. The average molecular weight is 215 g/mol. The van der Waals surface area contributed by atoms with Crippen LogP contribution in [0.5, 0.6) is 0 Å². The first-order chi connectivity index (χ1) is 7.38. The Morgan fingerprint density at radius 2 is 1.47 bits per heavy atom. The number of hydrogen-bond donors (Lipinski definition) is 0. The molecule has 0 fully saturated rings. The number of hydrogen-bond acceptors (Lipinski definition) is 0. The minimum absolute atomic E-state index is 0.421. The lowest BCUT2D eigenvalue weighted by molar-refractivity contribution is 1.49. The van der Waals surface area contributed by atoms with E-state index < -0.39 is 8.80 Å². The second kappa shape index (κ2) is 7.24. The molecule has 0 aromatic heterocycles. The summed E-state index contributed by atoms with van der Waals surface area (Å²) in [7, 11) is -0.421. The van der Waals surface area contributed by atoms with E-state index in [9.17, 15) is 0 Å². The molecule has 1 radical (unpaired) electrons. The summed E-state index contributed by atoms with van der Waals surface area (Å²) in [6, 6.07) is 13.4. The molecular weight excluding hydrogens is 196 g/mol. The lowest BCUT2D eigenvalue weighted by Gasteiger charge is -2.10. The molecule has 0 nitrogen and oxygen atoms in total. The first-order valence-electron chi connectivity index (χ1n) is 5.51. The van der Waals surface area contributed by atoms with Crippen molar-refractivity contribution in [1.29, 1.82) is 0 Å². The molecule has 0 unspecified atom stereocenters. The van der Waals surface area contributed by atoms with Crippen molar-refractivity contribution in [2.24, 2.45) is 0 Å². The van der Waals surface area contributed by atoms with Gasteiger partial charge in [-0.2, -0.15) is 0 Å². The molecule has 0 atom stereocenters. The Morgan fingerprint density at radius 3 is 1.93 bits per heavy atom. The summed E-state index contributed by atoms with van der Waals surface area (Å²) in [6.07, 6.45) is 8.90. The van der Waals surface area contributed by atoms with E-state index >= 15 is 0 Å². The summed E-state index contributed by atoms with van der Waals surface area (Å²) < 4.78 is 0. The average Bonchev–Trinajstić information content (AvgIpc) is 2.30. The number of rotatable bonds is 5. The summed E-state index contributed by atoms with van der Waals surface area (Å²) >= 11 is 0. The SMILES string of the molecule is C/C=C/C[Si](C/C=C/C)c1ccccc1. The fourth-order valence-electron chi connectivity index (χ4n) is 1.51. The third-order valence-corrected chi connectivity index (χ3v) is 4.99. The Morgan fingerprint density at radius 1 is 0.933 bits per heavy atom. The second-order valence-corrected chi connectivity index (χ2v) is 6.12. The molecule has 0 N–H and O–H groups in total. The van der Waals surface area contributed by atoms with Crippen LogP contribution in [0.3, 0.4) is 0 Å². The van der Waals surface area contributed by atoms with Crippen LogP contribution in [0.25, 0.3) is 0 Å². The lowest BCUT2D eigenvalue weighted by Crippen LogP contribution is -2.28. The maximum absolute atomic E-state index is 2.30. The van der Waals surface area contributed by atoms with Gasteiger partial charge in [-0.3, -0.25) is 0 Å². The topological polar surface area (TPSA) is 0 Å². The van der Waals surface area contributed by atoms with Crippen LogP contribution in [-0.2, 0) is 0 Å². The van der Waals surface area contributed by atoms with Crippen molar-refractivity contribution < 1.29 is 0 Å². The second-order valence-electron chi connectivity index (χ2n) is 3.52. The molecule has 0 amide bonds. The van der Waals surface area contributed by atoms with Gasteiger partial charge in [0.15, 0.2) is 0 Å². The smallest absolute Gasteiger partial charge is 0.0919 e. The third-order valence-electron chi connectivity index (χ3n) is 2.38. The molecule has 0 saturated heterocycles. The highest BCUT2D eigenvalue weighted by Gasteiger charge is 2.09. The first kappa shape index (κ1) is 12.0. The summed E-state index contributed by atoms with van der Waals surface area (Å²) in [5, 5.41) is 1.54. The van der Waals surface area contributed by atoms with Gasteiger partial charge in [0, 0.05) is 0 Å². The van der Waals surface area contributed by atoms with Crippen LogP contribution in [-0.4, -0.2) is 8.80 Å². The Labute approximate surface area is 94.9 Å². The van der Waals surface area contributed by atoms with Crippen LogP contribution < -0.4 is 5.19 Å². The Bertz CT molecular complexity index is 297. The molecule has 1 rings (SSSR count). The van der Waals surface area contributed by atoms with Crippen LogP contribution in [0, 0.1) is 0 Å². The van der Waals surface area contributed by atoms with Crippen molar-refractivity contribution in [2.75, 3.05) is 0 Å². The predicted octanol–water partition coefficient (Wildman–Crippen LogP) is 3.54. The minimum atomic E-state index is -0.421. The molecule has 0 aliphatic carbocycles. The minimum Gasteiger partial charge on any atom is -0.0919 e. The van der Waals surface area contributed by atoms with Crippen molar-refractivity contribution >= 4 is 14.0 Å². The highest BCUT2D eigenvalue weighted by molar-refractivity contribution is 6.74. The van der Waals surface area contributed by atoms with Crippen LogP contribution in [0.1, 0.15) is 13.8 Å². The maximum Gasteiger partial charge on any atom is 0.0934 e. The summed E-state index contributed by atoms with van der Waals surface area (Å²) in [5.74, 6) is 0. The van der Waals surface area contributed by atoms with E-state index in [-0.39, 0.29) is 0 Å². The van der Waals surface area contributed by atoms with Gasteiger partial charge in [0.2, 0.25) is 0 Å². The van der Waals surface area contributed by atoms with E-state index in [4.69, 9.17) is 0 Å². The van der Waals surface area contributed by atoms with Crippen molar-refractivity contribution in [2.45, 2.75) is 25.9 Å². The summed E-state index contributed by atoms with van der Waals surface area (Å²) in [6.45, 7) is 4.19. The fourth-order valence-corrected chi connectivity index (χ4v) is 3.86. The zero-order valence-corrected chi connectivity index (χ0v) is 10.6. The standard InChI is InChI=1S/C14H19Si/c1-3-5-12-15(13-6-4-2)14-10-8-7-9-11-14/h3-11H,12-13H2,1-2H3/b5-3+,6-4+. The number of allylic oxidation sites excluding steroid dienone is 4. The fraction of sp³-hybridized carbons (Fsp3) is 0.286. The van der Waals surface area contributed by atoms with Gasteiger partial charge in [0.1, 0.15) is 0 Å². The van der Waals surface area contributed by atoms with E-state index in [0.29, 0.717) is 0 Å². The van der Waals surface area contributed by atoms with Gasteiger partial charge < -0.3 is 0 Å². The van der Waals surface area contributed by atoms with Crippen molar-refractivity contribution in [3.63, 3.8) is 0 Å². The zero-order chi connectivity index (χ0) is 10.9. The quantitative estimate of drug-likeness (QED) is 0.520. The molecule has 0 aliphatic rings. The number of benzene rings is 1. The van der Waals surface area contributed by atoms with Crippen LogP contribution >= 0.6 is 0 Å². The molecule has 0 aliphatic heterocycles. The largest absolute Gasteiger partial charge is 0.0934 e. The molecule has 1 aromatic rings. The normalized spacial score (nSPS) is 11.9. The van der Waals surface area contributed by atoms with Crippen LogP contribution in [0.2, 0.25) is 12.1 Å². The van der Waals surface area contributed by atoms with Crippen LogP contribution in [0.15, 0.2) is 54.6 Å². The zero-order valence-electron chi connectivity index (χ0n) is 9.61. The van der Waals surface area contributed by atoms with E-state index in [2.05, 4.69) is 68.5 Å². The molecule has 15 heavy (non-hydrogen) atoms. The van der Waals surface area contributed by atoms with E-state index in [0.717, 1.165) is 0 Å². The highest BCUT2D eigenvalue weighted by Crippen LogP contribution is 2.03. The Kier molecular flexibility index (Phi) is 5.79.